The van der Waals surface area contributed by atoms with Crippen LogP contribution in [0.25, 0.3) is 11.1 Å². The number of nitrogens with one attached hydrogen (secondary N) is 1. The van der Waals surface area contributed by atoms with Crippen LogP contribution in [0, 0.1) is 10.8 Å². The largest absolute Gasteiger partial charge is 0.497 e. The molecule has 2 aromatic rings. The third-order valence-electron chi connectivity index (χ3n) is 6.35. The summed E-state index contributed by atoms with van der Waals surface area (Å²) >= 11 is 0. The second-order valence-corrected chi connectivity index (χ2v) is 8.55. The fraction of sp³-hybridized carbons (Fsp3) is 0.440. The van der Waals surface area contributed by atoms with Crippen LogP contribution in [-0.2, 0) is 11.2 Å². The molecule has 4 nitrogen and oxygen atoms in total. The molecule has 2 aliphatic carbocycles. The number of rotatable bonds is 5. The third-order valence-corrected chi connectivity index (χ3v) is 6.35. The number of fused-ring (bicyclic) bond motifs is 1. The third kappa shape index (κ3) is 3.86. The lowest BCUT2D eigenvalue weighted by Gasteiger charge is -2.38. The van der Waals surface area contributed by atoms with Gasteiger partial charge in [-0.25, -0.2) is 4.99 Å². The summed E-state index contributed by atoms with van der Waals surface area (Å²) in [7, 11) is 1.69. The van der Waals surface area contributed by atoms with Crippen molar-refractivity contribution in [2.75, 3.05) is 7.11 Å². The normalized spacial score (nSPS) is 24.8. The zero-order valence-corrected chi connectivity index (χ0v) is 17.6. The van der Waals surface area contributed by atoms with E-state index in [2.05, 4.69) is 49.2 Å². The summed E-state index contributed by atoms with van der Waals surface area (Å²) in [5.41, 5.74) is 5.99. The maximum Gasteiger partial charge on any atom is 0.119 e. The molecule has 0 heterocycles. The van der Waals surface area contributed by atoms with Gasteiger partial charge >= 0.3 is 0 Å². The van der Waals surface area contributed by atoms with Crippen molar-refractivity contribution in [3.8, 4) is 16.9 Å². The van der Waals surface area contributed by atoms with Gasteiger partial charge in [0.15, 0.2) is 0 Å². The van der Waals surface area contributed by atoms with Crippen molar-refractivity contribution >= 4 is 12.1 Å². The van der Waals surface area contributed by atoms with E-state index in [1.807, 2.05) is 12.1 Å². The highest BCUT2D eigenvalue weighted by atomic mass is 16.5. The zero-order valence-electron chi connectivity index (χ0n) is 17.6. The van der Waals surface area contributed by atoms with Crippen LogP contribution in [0.2, 0.25) is 0 Å². The van der Waals surface area contributed by atoms with Gasteiger partial charge in [0.25, 0.3) is 0 Å². The van der Waals surface area contributed by atoms with Crippen molar-refractivity contribution < 1.29 is 9.47 Å². The van der Waals surface area contributed by atoms with E-state index in [1.54, 1.807) is 7.11 Å². The summed E-state index contributed by atoms with van der Waals surface area (Å²) in [6.45, 7) is 4.22. The molecule has 0 amide bonds. The van der Waals surface area contributed by atoms with Crippen molar-refractivity contribution in [2.45, 2.75) is 58.2 Å². The summed E-state index contributed by atoms with van der Waals surface area (Å²) in [5, 5.41) is 7.66. The molecule has 1 saturated carbocycles. The first kappa shape index (κ1) is 19.8. The van der Waals surface area contributed by atoms with Crippen molar-refractivity contribution in [2.24, 2.45) is 10.4 Å². The monoisotopic (exact) mass is 390 g/mol. The first-order valence-electron chi connectivity index (χ1n) is 10.5. The second-order valence-electron chi connectivity index (χ2n) is 8.55. The van der Waals surface area contributed by atoms with E-state index in [9.17, 15) is 0 Å². The zero-order chi connectivity index (χ0) is 20.4. The van der Waals surface area contributed by atoms with E-state index in [-0.39, 0.29) is 11.5 Å². The van der Waals surface area contributed by atoms with Gasteiger partial charge in [-0.1, -0.05) is 24.3 Å². The van der Waals surface area contributed by atoms with Crippen LogP contribution in [0.1, 0.15) is 50.7 Å². The Hall–Kier alpha value is -2.46. The van der Waals surface area contributed by atoms with Gasteiger partial charge in [0.05, 0.1) is 25.0 Å². The van der Waals surface area contributed by atoms with Gasteiger partial charge < -0.3 is 9.47 Å². The number of hydrogen-bond donors (Lipinski definition) is 1. The van der Waals surface area contributed by atoms with Gasteiger partial charge in [-0.05, 0) is 80.8 Å². The van der Waals surface area contributed by atoms with Crippen molar-refractivity contribution in [1.29, 1.82) is 5.41 Å². The fourth-order valence-electron chi connectivity index (χ4n) is 5.02. The molecule has 0 bridgehead atoms. The summed E-state index contributed by atoms with van der Waals surface area (Å²) < 4.78 is 11.5. The molecule has 0 aromatic heterocycles. The van der Waals surface area contributed by atoms with E-state index >= 15 is 0 Å². The minimum absolute atomic E-state index is 0.0454. The average Bonchev–Trinajstić information content (AvgIpc) is 3.02. The van der Waals surface area contributed by atoms with Crippen LogP contribution >= 0.6 is 0 Å². The molecular weight excluding hydrogens is 360 g/mol. The quantitative estimate of drug-likeness (QED) is 0.528. The molecule has 4 rings (SSSR count). The van der Waals surface area contributed by atoms with Crippen LogP contribution in [0.5, 0.6) is 5.75 Å². The van der Waals surface area contributed by atoms with Gasteiger partial charge in [0, 0.05) is 11.0 Å². The predicted molar refractivity (Wildman–Crippen MR) is 118 cm³/mol. The number of methoxy groups -OCH3 is 1. The molecule has 29 heavy (non-hydrogen) atoms. The van der Waals surface area contributed by atoms with Gasteiger partial charge in [0.1, 0.15) is 12.1 Å². The predicted octanol–water partition coefficient (Wildman–Crippen LogP) is 5.67. The minimum atomic E-state index is 0.0454. The molecular formula is C25H30N2O2. The van der Waals surface area contributed by atoms with E-state index in [4.69, 9.17) is 14.9 Å². The highest BCUT2D eigenvalue weighted by Gasteiger charge is 2.45. The Morgan fingerprint density at radius 3 is 2.55 bits per heavy atom. The van der Waals surface area contributed by atoms with Crippen LogP contribution in [0.15, 0.2) is 47.5 Å². The van der Waals surface area contributed by atoms with Crippen LogP contribution in [0.3, 0.4) is 0 Å². The molecule has 2 aromatic carbocycles. The Morgan fingerprint density at radius 2 is 1.86 bits per heavy atom. The van der Waals surface area contributed by atoms with Crippen molar-refractivity contribution in [1.82, 2.24) is 0 Å². The number of aliphatic imine (C=N–C) groups is 1. The first-order valence-corrected chi connectivity index (χ1v) is 10.5. The van der Waals surface area contributed by atoms with Gasteiger partial charge in [-0.15, -0.1) is 0 Å². The summed E-state index contributed by atoms with van der Waals surface area (Å²) in [6.07, 6.45) is 7.11. The molecule has 0 radical (unpaired) electrons. The van der Waals surface area contributed by atoms with E-state index in [0.29, 0.717) is 6.10 Å². The van der Waals surface area contributed by atoms with Crippen LogP contribution < -0.4 is 4.74 Å². The SMILES string of the molecule is COc1cccc(-c2ccc3c(c2)C(=NC=N)C2(CCC(OC(C)C)CC2)C3)c1. The Kier molecular flexibility index (Phi) is 5.55. The molecule has 0 saturated heterocycles. The lowest BCUT2D eigenvalue weighted by atomic mass is 9.70. The highest BCUT2D eigenvalue weighted by molar-refractivity contribution is 6.12. The van der Waals surface area contributed by atoms with E-state index in [0.717, 1.165) is 54.7 Å². The molecule has 0 atom stereocenters. The summed E-state index contributed by atoms with van der Waals surface area (Å²) in [5.74, 6) is 0.858. The number of benzene rings is 2. The fourth-order valence-corrected chi connectivity index (χ4v) is 5.02. The number of ether oxygens (including phenoxy) is 2. The smallest absolute Gasteiger partial charge is 0.119 e. The van der Waals surface area contributed by atoms with Crippen LogP contribution in [0.4, 0.5) is 0 Å². The Bertz CT molecular complexity index is 924. The average molecular weight is 391 g/mol. The van der Waals surface area contributed by atoms with E-state index < -0.39 is 0 Å². The topological polar surface area (TPSA) is 54.7 Å². The van der Waals surface area contributed by atoms with Crippen LogP contribution in [-0.4, -0.2) is 31.4 Å². The van der Waals surface area contributed by atoms with Gasteiger partial charge in [-0.2, -0.15) is 0 Å². The molecule has 152 valence electrons. The van der Waals surface area contributed by atoms with Gasteiger partial charge in [-0.3, -0.25) is 5.41 Å². The molecule has 1 spiro atoms. The maximum absolute atomic E-state index is 7.66. The molecule has 2 aliphatic rings. The summed E-state index contributed by atoms with van der Waals surface area (Å²) in [4.78, 5) is 4.59. The second kappa shape index (κ2) is 8.11. The Morgan fingerprint density at radius 1 is 1.10 bits per heavy atom. The van der Waals surface area contributed by atoms with Crippen molar-refractivity contribution in [3.63, 3.8) is 0 Å². The molecule has 1 fully saturated rings. The lowest BCUT2D eigenvalue weighted by Crippen LogP contribution is -2.37. The standard InChI is InChI=1S/C25H30N2O2/c1-17(2)29-21-9-11-25(12-10-21)15-20-8-7-19(14-23(20)24(25)27-16-26)18-5-4-6-22(13-18)28-3/h4-8,13-14,16-17,21,26H,9-12,15H2,1-3H3. The minimum Gasteiger partial charge on any atom is -0.497 e. The molecule has 4 heteroatoms. The maximum atomic E-state index is 7.66. The van der Waals surface area contributed by atoms with E-state index in [1.165, 1.54) is 17.5 Å². The lowest BCUT2D eigenvalue weighted by molar-refractivity contribution is -0.0250. The molecule has 1 N–H and O–H groups in total. The Balaban J connectivity index is 1.65. The number of hydrogen-bond acceptors (Lipinski definition) is 3. The molecule has 0 aliphatic heterocycles. The first-order chi connectivity index (χ1) is 14.0. The van der Waals surface area contributed by atoms with Gasteiger partial charge in [0.2, 0.25) is 0 Å². The highest BCUT2D eigenvalue weighted by Crippen LogP contribution is 2.49. The number of nitrogens with zero attached hydrogens (tertiary/aromatic N) is 1. The molecule has 0 unspecified atom stereocenters. The Labute approximate surface area is 173 Å². The summed E-state index contributed by atoms with van der Waals surface area (Å²) in [6, 6.07) is 14.8. The van der Waals surface area contributed by atoms with Crippen molar-refractivity contribution in [3.05, 3.63) is 53.6 Å².